The molecule has 0 aliphatic heterocycles. The third-order valence-corrected chi connectivity index (χ3v) is 3.98. The van der Waals surface area contributed by atoms with Crippen molar-refractivity contribution < 1.29 is 9.13 Å². The van der Waals surface area contributed by atoms with Crippen LogP contribution in [0.3, 0.4) is 0 Å². The van der Waals surface area contributed by atoms with Gasteiger partial charge in [-0.1, -0.05) is 19.6 Å². The maximum Gasteiger partial charge on any atom is 0.123 e. The van der Waals surface area contributed by atoms with Gasteiger partial charge in [-0.2, -0.15) is 0 Å². The van der Waals surface area contributed by atoms with Crippen LogP contribution in [0, 0.1) is 5.82 Å². The number of benzene rings is 1. The second-order valence-electron chi connectivity index (χ2n) is 4.09. The largest absolute Gasteiger partial charge is 0.497 e. The Hall–Kier alpha value is -0.833. The smallest absolute Gasteiger partial charge is 0.123 e. The lowest BCUT2D eigenvalue weighted by molar-refractivity contribution is 0.417. The molecule has 0 radical (unpaired) electrons. The molecule has 0 fully saturated rings. The van der Waals surface area contributed by atoms with Crippen LogP contribution < -0.4 is 9.92 Å². The van der Waals surface area contributed by atoms with Crippen molar-refractivity contribution in [2.45, 2.75) is 19.6 Å². The number of rotatable bonds is 2. The first-order chi connectivity index (χ1) is 5.95. The predicted molar refractivity (Wildman–Crippen MR) is 55.9 cm³/mol. The first-order valence-corrected chi connectivity index (χ1v) is 7.79. The zero-order valence-corrected chi connectivity index (χ0v) is 9.52. The van der Waals surface area contributed by atoms with Crippen LogP contribution in [0.25, 0.3) is 0 Å². The predicted octanol–water partition coefficient (Wildman–Crippen LogP) is 2.38. The highest BCUT2D eigenvalue weighted by atomic mass is 28.3. The Bertz CT molecular complexity index is 304. The van der Waals surface area contributed by atoms with Gasteiger partial charge in [0.15, 0.2) is 0 Å². The van der Waals surface area contributed by atoms with E-state index < -0.39 is 8.07 Å². The van der Waals surface area contributed by atoms with E-state index in [0.29, 0.717) is 0 Å². The summed E-state index contributed by atoms with van der Waals surface area (Å²) in [7, 11) is 0.127. The molecular formula is C10H15FOSi. The molecule has 0 saturated heterocycles. The topological polar surface area (TPSA) is 9.23 Å². The van der Waals surface area contributed by atoms with Gasteiger partial charge >= 0.3 is 0 Å². The number of hydrogen-bond acceptors (Lipinski definition) is 1. The second-order valence-corrected chi connectivity index (χ2v) is 9.13. The van der Waals surface area contributed by atoms with Gasteiger partial charge in [0, 0.05) is 0 Å². The summed E-state index contributed by atoms with van der Waals surface area (Å²) >= 11 is 0. The molecule has 1 nitrogen and oxygen atoms in total. The molecule has 0 aliphatic carbocycles. The zero-order chi connectivity index (χ0) is 10.1. The molecule has 1 rings (SSSR count). The Morgan fingerprint density at radius 1 is 1.23 bits per heavy atom. The number of ether oxygens (including phenoxy) is 1. The minimum atomic E-state index is -1.50. The molecule has 0 aromatic heterocycles. The van der Waals surface area contributed by atoms with E-state index in [1.165, 1.54) is 6.07 Å². The van der Waals surface area contributed by atoms with Gasteiger partial charge in [0.1, 0.15) is 11.6 Å². The molecule has 1 aromatic rings. The molecule has 72 valence electrons. The van der Waals surface area contributed by atoms with E-state index >= 15 is 0 Å². The molecule has 0 N–H and O–H groups in total. The van der Waals surface area contributed by atoms with Crippen molar-refractivity contribution in [3.05, 3.63) is 24.0 Å². The summed E-state index contributed by atoms with van der Waals surface area (Å²) in [5.41, 5.74) is 0. The van der Waals surface area contributed by atoms with E-state index in [1.54, 1.807) is 19.2 Å². The van der Waals surface area contributed by atoms with Gasteiger partial charge < -0.3 is 4.74 Å². The standard InChI is InChI=1S/C10H15FOSi/c1-12-9-6-5-8(11)7-10(9)13(2,3)4/h5-7H,1-4H3. The minimum absolute atomic E-state index is 0.182. The lowest BCUT2D eigenvalue weighted by atomic mass is 10.3. The van der Waals surface area contributed by atoms with E-state index in [4.69, 9.17) is 4.74 Å². The summed E-state index contributed by atoms with van der Waals surface area (Å²) in [6.45, 7) is 6.51. The van der Waals surface area contributed by atoms with Crippen molar-refractivity contribution in [1.82, 2.24) is 0 Å². The highest BCUT2D eigenvalue weighted by Gasteiger charge is 2.21. The Morgan fingerprint density at radius 3 is 2.31 bits per heavy atom. The lowest BCUT2D eigenvalue weighted by Crippen LogP contribution is -2.38. The highest BCUT2D eigenvalue weighted by Crippen LogP contribution is 2.14. The summed E-state index contributed by atoms with van der Waals surface area (Å²) in [5, 5.41) is 1.04. The summed E-state index contributed by atoms with van der Waals surface area (Å²) in [6, 6.07) is 4.72. The van der Waals surface area contributed by atoms with Gasteiger partial charge in [-0.25, -0.2) is 4.39 Å². The van der Waals surface area contributed by atoms with Crippen LogP contribution in [-0.2, 0) is 0 Å². The monoisotopic (exact) mass is 198 g/mol. The second kappa shape index (κ2) is 3.50. The molecule has 0 bridgehead atoms. The molecular weight excluding hydrogens is 183 g/mol. The summed E-state index contributed by atoms with van der Waals surface area (Å²) < 4.78 is 18.2. The van der Waals surface area contributed by atoms with E-state index in [2.05, 4.69) is 19.6 Å². The fraction of sp³-hybridized carbons (Fsp3) is 0.400. The SMILES string of the molecule is COc1ccc(F)cc1[Si](C)(C)C. The first kappa shape index (κ1) is 10.2. The van der Waals surface area contributed by atoms with E-state index in [1.807, 2.05) is 0 Å². The maximum absolute atomic E-state index is 13.0. The number of methoxy groups -OCH3 is 1. The quantitative estimate of drug-likeness (QED) is 0.663. The summed E-state index contributed by atoms with van der Waals surface area (Å²) in [5.74, 6) is 0.624. The maximum atomic E-state index is 13.0. The Balaban J connectivity index is 3.24. The van der Waals surface area contributed by atoms with Crippen molar-refractivity contribution in [2.24, 2.45) is 0 Å². The van der Waals surface area contributed by atoms with Crippen molar-refractivity contribution in [2.75, 3.05) is 7.11 Å². The third-order valence-electron chi connectivity index (χ3n) is 1.97. The van der Waals surface area contributed by atoms with Gasteiger partial charge in [0.2, 0.25) is 0 Å². The van der Waals surface area contributed by atoms with E-state index in [-0.39, 0.29) is 5.82 Å². The Kier molecular flexibility index (Phi) is 2.76. The highest BCUT2D eigenvalue weighted by molar-refractivity contribution is 6.89. The Labute approximate surface area is 79.6 Å². The van der Waals surface area contributed by atoms with Gasteiger partial charge in [0.25, 0.3) is 0 Å². The van der Waals surface area contributed by atoms with Crippen LogP contribution >= 0.6 is 0 Å². The normalized spacial score (nSPS) is 11.5. The molecule has 0 spiro atoms. The average Bonchev–Trinajstić information content (AvgIpc) is 2.03. The molecule has 13 heavy (non-hydrogen) atoms. The van der Waals surface area contributed by atoms with Crippen LogP contribution in [0.4, 0.5) is 4.39 Å². The van der Waals surface area contributed by atoms with Crippen molar-refractivity contribution >= 4 is 13.3 Å². The third kappa shape index (κ3) is 2.31. The molecule has 0 unspecified atom stereocenters. The molecule has 0 saturated carbocycles. The molecule has 0 amide bonds. The molecule has 3 heteroatoms. The molecule has 0 heterocycles. The van der Waals surface area contributed by atoms with Crippen molar-refractivity contribution in [3.63, 3.8) is 0 Å². The van der Waals surface area contributed by atoms with Gasteiger partial charge in [-0.15, -0.1) is 0 Å². The van der Waals surface area contributed by atoms with Crippen LogP contribution in [0.5, 0.6) is 5.75 Å². The number of hydrogen-bond donors (Lipinski definition) is 0. The van der Waals surface area contributed by atoms with Crippen LogP contribution in [-0.4, -0.2) is 15.2 Å². The zero-order valence-electron chi connectivity index (χ0n) is 8.52. The van der Waals surface area contributed by atoms with Gasteiger partial charge in [-0.3, -0.25) is 0 Å². The van der Waals surface area contributed by atoms with Crippen molar-refractivity contribution in [1.29, 1.82) is 0 Å². The first-order valence-electron chi connectivity index (χ1n) is 4.29. The van der Waals surface area contributed by atoms with Crippen molar-refractivity contribution in [3.8, 4) is 5.75 Å². The summed E-state index contributed by atoms with van der Waals surface area (Å²) in [6.07, 6.45) is 0. The van der Waals surface area contributed by atoms with Gasteiger partial charge in [-0.05, 0) is 23.4 Å². The minimum Gasteiger partial charge on any atom is -0.497 e. The molecule has 1 aromatic carbocycles. The number of halogens is 1. The summed E-state index contributed by atoms with van der Waals surface area (Å²) in [4.78, 5) is 0. The van der Waals surface area contributed by atoms with Gasteiger partial charge in [0.05, 0.1) is 15.2 Å². The average molecular weight is 198 g/mol. The van der Waals surface area contributed by atoms with Crippen LogP contribution in [0.1, 0.15) is 0 Å². The molecule has 0 atom stereocenters. The van der Waals surface area contributed by atoms with Crippen LogP contribution in [0.15, 0.2) is 18.2 Å². The lowest BCUT2D eigenvalue weighted by Gasteiger charge is -2.19. The fourth-order valence-corrected chi connectivity index (χ4v) is 2.76. The van der Waals surface area contributed by atoms with Crippen LogP contribution in [0.2, 0.25) is 19.6 Å². The fourth-order valence-electron chi connectivity index (χ4n) is 1.27. The molecule has 0 aliphatic rings. The Morgan fingerprint density at radius 2 is 1.85 bits per heavy atom. The van der Waals surface area contributed by atoms with E-state index in [9.17, 15) is 4.39 Å². The van der Waals surface area contributed by atoms with E-state index in [0.717, 1.165) is 10.9 Å².